The van der Waals surface area contributed by atoms with Crippen LogP contribution in [0.1, 0.15) is 40.1 Å². The van der Waals surface area contributed by atoms with Crippen LogP contribution in [0.4, 0.5) is 0 Å². The Bertz CT molecular complexity index is 1000. The summed E-state index contributed by atoms with van der Waals surface area (Å²) in [5.41, 5.74) is 0.742. The molecule has 6 nitrogen and oxygen atoms in total. The van der Waals surface area contributed by atoms with Crippen molar-refractivity contribution in [3.8, 4) is 0 Å². The van der Waals surface area contributed by atoms with Crippen LogP contribution in [-0.2, 0) is 16.4 Å². The van der Waals surface area contributed by atoms with Crippen molar-refractivity contribution in [1.82, 2.24) is 14.2 Å². The van der Waals surface area contributed by atoms with Gasteiger partial charge in [0.2, 0.25) is 10.0 Å². The minimum Gasteiger partial charge on any atom is -0.335 e. The molecule has 1 aromatic heterocycles. The van der Waals surface area contributed by atoms with Gasteiger partial charge in [0.1, 0.15) is 9.77 Å². The van der Waals surface area contributed by atoms with E-state index in [9.17, 15) is 13.2 Å². The molecule has 0 atom stereocenters. The van der Waals surface area contributed by atoms with Crippen LogP contribution >= 0.6 is 34.5 Å². The number of halogens is 2. The number of hydrogen-bond acceptors (Lipinski definition) is 5. The van der Waals surface area contributed by atoms with Crippen LogP contribution in [0.2, 0.25) is 10.0 Å². The van der Waals surface area contributed by atoms with E-state index in [1.165, 1.54) is 21.7 Å². The largest absolute Gasteiger partial charge is 0.335 e. The minimum atomic E-state index is -3.77. The van der Waals surface area contributed by atoms with E-state index in [1.54, 1.807) is 17.0 Å². The number of rotatable bonds is 6. The normalized spacial score (nSPS) is 15.7. The highest BCUT2D eigenvalue weighted by Crippen LogP contribution is 2.31. The third-order valence-corrected chi connectivity index (χ3v) is 8.92. The van der Waals surface area contributed by atoms with Crippen molar-refractivity contribution < 1.29 is 13.2 Å². The first kappa shape index (κ1) is 22.5. The highest BCUT2D eigenvalue weighted by molar-refractivity contribution is 7.89. The van der Waals surface area contributed by atoms with Gasteiger partial charge in [0, 0.05) is 26.2 Å². The Morgan fingerprint density at radius 1 is 1.21 bits per heavy atom. The van der Waals surface area contributed by atoms with Crippen molar-refractivity contribution in [1.29, 1.82) is 0 Å². The van der Waals surface area contributed by atoms with Gasteiger partial charge in [0.05, 0.1) is 20.7 Å². The van der Waals surface area contributed by atoms with Gasteiger partial charge in [-0.2, -0.15) is 4.31 Å². The fraction of sp³-hybridized carbons (Fsp3) is 0.474. The zero-order chi connectivity index (χ0) is 21.2. The Morgan fingerprint density at radius 3 is 2.55 bits per heavy atom. The molecule has 0 saturated carbocycles. The van der Waals surface area contributed by atoms with Gasteiger partial charge in [-0.15, -0.1) is 11.3 Å². The number of unbranched alkanes of at least 4 members (excludes halogenated alkanes) is 1. The summed E-state index contributed by atoms with van der Waals surface area (Å²) in [7, 11) is -3.77. The predicted octanol–water partition coefficient (Wildman–Crippen LogP) is 4.25. The molecule has 1 aliphatic rings. The first-order valence-electron chi connectivity index (χ1n) is 9.45. The molecule has 1 aromatic carbocycles. The fourth-order valence-electron chi connectivity index (χ4n) is 3.18. The van der Waals surface area contributed by atoms with Gasteiger partial charge >= 0.3 is 0 Å². The van der Waals surface area contributed by atoms with Crippen molar-refractivity contribution in [3.05, 3.63) is 43.8 Å². The highest BCUT2D eigenvalue weighted by Gasteiger charge is 2.33. The van der Waals surface area contributed by atoms with Crippen molar-refractivity contribution in [2.45, 2.75) is 38.0 Å². The number of sulfonamides is 1. The van der Waals surface area contributed by atoms with E-state index in [2.05, 4.69) is 11.9 Å². The second-order valence-electron chi connectivity index (χ2n) is 6.87. The zero-order valence-electron chi connectivity index (χ0n) is 16.3. The van der Waals surface area contributed by atoms with E-state index < -0.39 is 10.0 Å². The number of carbonyl (C=O) groups excluding carboxylic acids is 1. The average Bonchev–Trinajstić information content (AvgIpc) is 3.08. The molecule has 1 saturated heterocycles. The molecule has 0 spiro atoms. The Balaban J connectivity index is 1.69. The number of thiazole rings is 1. The maximum absolute atomic E-state index is 12.9. The molecule has 0 unspecified atom stereocenters. The molecule has 0 N–H and O–H groups in total. The summed E-state index contributed by atoms with van der Waals surface area (Å²) in [5, 5.41) is 1.19. The summed E-state index contributed by atoms with van der Waals surface area (Å²) in [6.45, 7) is 5.02. The topological polar surface area (TPSA) is 70.6 Å². The average molecular weight is 476 g/mol. The van der Waals surface area contributed by atoms with E-state index >= 15 is 0 Å². The molecule has 2 heterocycles. The molecule has 0 aliphatic carbocycles. The second kappa shape index (κ2) is 9.31. The molecule has 10 heteroatoms. The summed E-state index contributed by atoms with van der Waals surface area (Å²) in [4.78, 5) is 19.8. The first-order valence-corrected chi connectivity index (χ1v) is 12.5. The van der Waals surface area contributed by atoms with Crippen LogP contribution in [0.15, 0.2) is 23.1 Å². The molecule has 1 aliphatic heterocycles. The summed E-state index contributed by atoms with van der Waals surface area (Å²) >= 11 is 13.5. The summed E-state index contributed by atoms with van der Waals surface area (Å²) < 4.78 is 27.2. The number of benzene rings is 1. The van der Waals surface area contributed by atoms with E-state index in [4.69, 9.17) is 23.2 Å². The Hall–Kier alpha value is -1.19. The van der Waals surface area contributed by atoms with Crippen molar-refractivity contribution in [2.75, 3.05) is 26.2 Å². The van der Waals surface area contributed by atoms with Gasteiger partial charge in [-0.25, -0.2) is 13.4 Å². The summed E-state index contributed by atoms with van der Waals surface area (Å²) in [6, 6.07) is 4.55. The van der Waals surface area contributed by atoms with Gasteiger partial charge in [-0.1, -0.05) is 42.6 Å². The lowest BCUT2D eigenvalue weighted by molar-refractivity contribution is 0.0702. The number of nitrogens with zero attached hydrogens (tertiary/aromatic N) is 3. The SMILES string of the molecule is CCCCc1nc(C)c(C(=O)N2CCN(S(=O)(=O)c3cccc(Cl)c3Cl)CC2)s1. The van der Waals surface area contributed by atoms with Gasteiger partial charge in [0.15, 0.2) is 0 Å². The molecule has 0 bridgehead atoms. The molecule has 0 radical (unpaired) electrons. The van der Waals surface area contributed by atoms with Crippen molar-refractivity contribution in [3.63, 3.8) is 0 Å². The van der Waals surface area contributed by atoms with Crippen molar-refractivity contribution >= 4 is 50.5 Å². The number of piperazine rings is 1. The number of aromatic nitrogens is 1. The highest BCUT2D eigenvalue weighted by atomic mass is 35.5. The number of carbonyl (C=O) groups is 1. The van der Waals surface area contributed by atoms with E-state index in [1.807, 2.05) is 6.92 Å². The van der Waals surface area contributed by atoms with Crippen LogP contribution in [-0.4, -0.2) is 54.7 Å². The van der Waals surface area contributed by atoms with Crippen LogP contribution in [0, 0.1) is 6.92 Å². The lowest BCUT2D eigenvalue weighted by Crippen LogP contribution is -2.50. The van der Waals surface area contributed by atoms with Crippen LogP contribution in [0.25, 0.3) is 0 Å². The quantitative estimate of drug-likeness (QED) is 0.625. The maximum Gasteiger partial charge on any atom is 0.265 e. The second-order valence-corrected chi connectivity index (χ2v) is 10.6. The van der Waals surface area contributed by atoms with Crippen LogP contribution in [0.3, 0.4) is 0 Å². The number of aryl methyl sites for hydroxylation is 2. The molecular weight excluding hydrogens is 453 g/mol. The van der Waals surface area contributed by atoms with E-state index in [0.29, 0.717) is 18.0 Å². The molecule has 2 aromatic rings. The third-order valence-electron chi connectivity index (χ3n) is 4.84. The maximum atomic E-state index is 12.9. The standard InChI is InChI=1S/C19H23Cl2N3O3S2/c1-3-4-8-16-22-13(2)18(28-16)19(25)23-9-11-24(12-10-23)29(26,27)15-7-5-6-14(20)17(15)21/h5-7H,3-4,8-12H2,1-2H3. The van der Waals surface area contributed by atoms with Crippen LogP contribution in [0.5, 0.6) is 0 Å². The Labute approximate surface area is 185 Å². The fourth-order valence-corrected chi connectivity index (χ4v) is 6.42. The van der Waals surface area contributed by atoms with Crippen LogP contribution < -0.4 is 0 Å². The van der Waals surface area contributed by atoms with Gasteiger partial charge in [0.25, 0.3) is 5.91 Å². The van der Waals surface area contributed by atoms with E-state index in [-0.39, 0.29) is 33.9 Å². The van der Waals surface area contributed by atoms with E-state index in [0.717, 1.165) is 30.0 Å². The lowest BCUT2D eigenvalue weighted by Gasteiger charge is -2.34. The van der Waals surface area contributed by atoms with Gasteiger partial charge in [-0.05, 0) is 31.9 Å². The molecule has 3 rings (SSSR count). The Kier molecular flexibility index (Phi) is 7.22. The lowest BCUT2D eigenvalue weighted by atomic mass is 10.2. The summed E-state index contributed by atoms with van der Waals surface area (Å²) in [5.74, 6) is -0.0828. The summed E-state index contributed by atoms with van der Waals surface area (Å²) in [6.07, 6.45) is 3.00. The smallest absolute Gasteiger partial charge is 0.265 e. The molecule has 1 amide bonds. The first-order chi connectivity index (χ1) is 13.8. The number of amides is 1. The third kappa shape index (κ3) is 4.77. The molecular formula is C19H23Cl2N3O3S2. The monoisotopic (exact) mass is 475 g/mol. The Morgan fingerprint density at radius 2 is 1.90 bits per heavy atom. The minimum absolute atomic E-state index is 0.00897. The van der Waals surface area contributed by atoms with Gasteiger partial charge in [-0.3, -0.25) is 4.79 Å². The molecule has 158 valence electrons. The van der Waals surface area contributed by atoms with Gasteiger partial charge < -0.3 is 4.90 Å². The van der Waals surface area contributed by atoms with Crippen molar-refractivity contribution in [2.24, 2.45) is 0 Å². The molecule has 1 fully saturated rings. The zero-order valence-corrected chi connectivity index (χ0v) is 19.5. The molecule has 29 heavy (non-hydrogen) atoms. The predicted molar refractivity (Wildman–Crippen MR) is 117 cm³/mol. The number of hydrogen-bond donors (Lipinski definition) is 0.